The second kappa shape index (κ2) is 7.67. The SMILES string of the molecule is Cc1nc(Oc2ccccc2F)nc(C)c1NC(=O)c1ccc(F)cc1Cl. The Balaban J connectivity index is 1.85. The molecular formula is C19H14ClF2N3O2. The highest BCUT2D eigenvalue weighted by atomic mass is 35.5. The van der Waals surface area contributed by atoms with Gasteiger partial charge >= 0.3 is 6.01 Å². The average Bonchev–Trinajstić information content (AvgIpc) is 2.60. The summed E-state index contributed by atoms with van der Waals surface area (Å²) >= 11 is 5.91. The van der Waals surface area contributed by atoms with Crippen LogP contribution in [0.15, 0.2) is 42.5 Å². The zero-order chi connectivity index (χ0) is 19.6. The smallest absolute Gasteiger partial charge is 0.322 e. The van der Waals surface area contributed by atoms with Gasteiger partial charge in [-0.3, -0.25) is 4.79 Å². The Hall–Kier alpha value is -3.06. The maximum Gasteiger partial charge on any atom is 0.322 e. The Morgan fingerprint density at radius 3 is 2.37 bits per heavy atom. The second-order valence-corrected chi connectivity index (χ2v) is 6.07. The van der Waals surface area contributed by atoms with E-state index in [2.05, 4.69) is 15.3 Å². The molecule has 0 fully saturated rings. The number of anilines is 1. The molecule has 0 atom stereocenters. The molecular weight excluding hydrogens is 376 g/mol. The predicted octanol–water partition coefficient (Wildman–Crippen LogP) is 5.07. The first-order chi connectivity index (χ1) is 12.8. The lowest BCUT2D eigenvalue weighted by atomic mass is 10.2. The summed E-state index contributed by atoms with van der Waals surface area (Å²) in [5.41, 5.74) is 1.31. The summed E-state index contributed by atoms with van der Waals surface area (Å²) in [6.45, 7) is 3.29. The summed E-state index contributed by atoms with van der Waals surface area (Å²) in [5, 5.41) is 2.65. The van der Waals surface area contributed by atoms with Crippen molar-refractivity contribution in [3.05, 3.63) is 76.1 Å². The number of ether oxygens (including phenoxy) is 1. The summed E-state index contributed by atoms with van der Waals surface area (Å²) in [7, 11) is 0. The Morgan fingerprint density at radius 2 is 1.74 bits per heavy atom. The van der Waals surface area contributed by atoms with E-state index >= 15 is 0 Å². The first-order valence-corrected chi connectivity index (χ1v) is 8.27. The number of carbonyl (C=O) groups excluding carboxylic acids is 1. The summed E-state index contributed by atoms with van der Waals surface area (Å²) in [5.74, 6) is -1.62. The number of hydrogen-bond donors (Lipinski definition) is 1. The van der Waals surface area contributed by atoms with E-state index in [1.54, 1.807) is 26.0 Å². The molecule has 5 nitrogen and oxygen atoms in total. The lowest BCUT2D eigenvalue weighted by Crippen LogP contribution is -2.16. The number of rotatable bonds is 4. The van der Waals surface area contributed by atoms with Crippen LogP contribution in [0.5, 0.6) is 11.8 Å². The minimum atomic E-state index is -0.542. The number of amides is 1. The van der Waals surface area contributed by atoms with Gasteiger partial charge in [-0.2, -0.15) is 9.97 Å². The molecule has 0 spiro atoms. The van der Waals surface area contributed by atoms with Gasteiger partial charge in [-0.05, 0) is 44.2 Å². The Kier molecular flexibility index (Phi) is 5.32. The maximum atomic E-state index is 13.7. The van der Waals surface area contributed by atoms with Gasteiger partial charge in [-0.1, -0.05) is 23.7 Å². The van der Waals surface area contributed by atoms with Crippen LogP contribution < -0.4 is 10.1 Å². The standard InChI is InChI=1S/C19H14ClF2N3O2/c1-10-17(25-18(26)13-8-7-12(21)9-14(13)20)11(2)24-19(23-10)27-16-6-4-3-5-15(16)22/h3-9H,1-2H3,(H,25,26). The van der Waals surface area contributed by atoms with Gasteiger partial charge in [0.25, 0.3) is 5.91 Å². The van der Waals surface area contributed by atoms with E-state index in [9.17, 15) is 13.6 Å². The van der Waals surface area contributed by atoms with Crippen LogP contribution in [0.25, 0.3) is 0 Å². The highest BCUT2D eigenvalue weighted by Crippen LogP contribution is 2.26. The van der Waals surface area contributed by atoms with Gasteiger partial charge < -0.3 is 10.1 Å². The number of nitrogens with one attached hydrogen (secondary N) is 1. The number of halogens is 3. The molecule has 138 valence electrons. The molecule has 1 N–H and O–H groups in total. The lowest BCUT2D eigenvalue weighted by Gasteiger charge is -2.13. The summed E-state index contributed by atoms with van der Waals surface area (Å²) < 4.78 is 32.2. The van der Waals surface area contributed by atoms with Crippen LogP contribution in [0.2, 0.25) is 5.02 Å². The number of nitrogens with zero attached hydrogens (tertiary/aromatic N) is 2. The highest BCUT2D eigenvalue weighted by molar-refractivity contribution is 6.34. The van der Waals surface area contributed by atoms with Gasteiger partial charge in [-0.15, -0.1) is 0 Å². The van der Waals surface area contributed by atoms with Gasteiger partial charge in [0.05, 0.1) is 27.7 Å². The Bertz CT molecular complexity index is 1000. The van der Waals surface area contributed by atoms with E-state index in [0.717, 1.165) is 12.1 Å². The minimum Gasteiger partial charge on any atom is -0.421 e. The number of aromatic nitrogens is 2. The van der Waals surface area contributed by atoms with E-state index in [-0.39, 0.29) is 22.3 Å². The van der Waals surface area contributed by atoms with Crippen molar-refractivity contribution in [2.75, 3.05) is 5.32 Å². The van der Waals surface area contributed by atoms with Gasteiger partial charge in [-0.25, -0.2) is 8.78 Å². The van der Waals surface area contributed by atoms with Crippen molar-refractivity contribution >= 4 is 23.2 Å². The fraction of sp³-hybridized carbons (Fsp3) is 0.105. The van der Waals surface area contributed by atoms with E-state index in [1.165, 1.54) is 18.2 Å². The van der Waals surface area contributed by atoms with Crippen LogP contribution in [0.3, 0.4) is 0 Å². The fourth-order valence-corrected chi connectivity index (χ4v) is 2.65. The first kappa shape index (κ1) is 18.7. The number of carbonyl (C=O) groups is 1. The van der Waals surface area contributed by atoms with Crippen molar-refractivity contribution in [2.24, 2.45) is 0 Å². The van der Waals surface area contributed by atoms with Crippen LogP contribution in [0.4, 0.5) is 14.5 Å². The molecule has 1 amide bonds. The van der Waals surface area contributed by atoms with Gasteiger partial charge in [0, 0.05) is 0 Å². The zero-order valence-electron chi connectivity index (χ0n) is 14.4. The number of hydrogen-bond acceptors (Lipinski definition) is 4. The number of aryl methyl sites for hydroxylation is 2. The molecule has 0 aliphatic rings. The topological polar surface area (TPSA) is 64.1 Å². The number of benzene rings is 2. The summed E-state index contributed by atoms with van der Waals surface area (Å²) in [6, 6.07) is 9.31. The van der Waals surface area contributed by atoms with E-state index in [0.29, 0.717) is 17.1 Å². The molecule has 0 unspecified atom stereocenters. The van der Waals surface area contributed by atoms with Crippen LogP contribution in [0, 0.1) is 25.5 Å². The number of para-hydroxylation sites is 1. The first-order valence-electron chi connectivity index (χ1n) is 7.89. The molecule has 1 aromatic heterocycles. The molecule has 0 saturated heterocycles. The van der Waals surface area contributed by atoms with E-state index < -0.39 is 17.5 Å². The van der Waals surface area contributed by atoms with E-state index in [4.69, 9.17) is 16.3 Å². The fourth-order valence-electron chi connectivity index (χ4n) is 2.39. The molecule has 3 aromatic rings. The predicted molar refractivity (Wildman–Crippen MR) is 97.3 cm³/mol. The largest absolute Gasteiger partial charge is 0.421 e. The van der Waals surface area contributed by atoms with Crippen LogP contribution in [0.1, 0.15) is 21.7 Å². The van der Waals surface area contributed by atoms with Gasteiger partial charge in [0.15, 0.2) is 11.6 Å². The zero-order valence-corrected chi connectivity index (χ0v) is 15.1. The highest BCUT2D eigenvalue weighted by Gasteiger charge is 2.17. The molecule has 1 heterocycles. The maximum absolute atomic E-state index is 13.7. The van der Waals surface area contributed by atoms with Crippen LogP contribution in [-0.2, 0) is 0 Å². The van der Waals surface area contributed by atoms with Crippen molar-refractivity contribution in [2.45, 2.75) is 13.8 Å². The molecule has 0 aliphatic carbocycles. The molecule has 8 heteroatoms. The third kappa shape index (κ3) is 4.20. The van der Waals surface area contributed by atoms with Gasteiger partial charge in [0.1, 0.15) is 5.82 Å². The molecule has 0 saturated carbocycles. The van der Waals surface area contributed by atoms with Gasteiger partial charge in [0.2, 0.25) is 0 Å². The Morgan fingerprint density at radius 1 is 1.07 bits per heavy atom. The molecule has 0 bridgehead atoms. The molecule has 27 heavy (non-hydrogen) atoms. The normalized spacial score (nSPS) is 10.6. The molecule has 2 aromatic carbocycles. The third-order valence-electron chi connectivity index (χ3n) is 3.70. The van der Waals surface area contributed by atoms with Crippen molar-refractivity contribution in [1.82, 2.24) is 9.97 Å². The van der Waals surface area contributed by atoms with Crippen LogP contribution >= 0.6 is 11.6 Å². The lowest BCUT2D eigenvalue weighted by molar-refractivity contribution is 0.102. The molecule has 0 aliphatic heterocycles. The van der Waals surface area contributed by atoms with Crippen molar-refractivity contribution in [1.29, 1.82) is 0 Å². The molecule has 3 rings (SSSR count). The average molecular weight is 390 g/mol. The quantitative estimate of drug-likeness (QED) is 0.676. The van der Waals surface area contributed by atoms with Crippen molar-refractivity contribution < 1.29 is 18.3 Å². The summed E-state index contributed by atoms with van der Waals surface area (Å²) in [6.07, 6.45) is 0. The summed E-state index contributed by atoms with van der Waals surface area (Å²) in [4.78, 5) is 20.7. The van der Waals surface area contributed by atoms with Crippen LogP contribution in [-0.4, -0.2) is 15.9 Å². The van der Waals surface area contributed by atoms with Crippen molar-refractivity contribution in [3.8, 4) is 11.8 Å². The van der Waals surface area contributed by atoms with E-state index in [1.807, 2.05) is 0 Å². The Labute approximate surface area is 159 Å². The third-order valence-corrected chi connectivity index (χ3v) is 4.02. The molecule has 0 radical (unpaired) electrons. The minimum absolute atomic E-state index is 0.00817. The second-order valence-electron chi connectivity index (χ2n) is 5.66. The van der Waals surface area contributed by atoms with Crippen molar-refractivity contribution in [3.63, 3.8) is 0 Å². The monoisotopic (exact) mass is 389 g/mol.